The number of hydrogen-bond acceptors (Lipinski definition) is 3. The van der Waals surface area contributed by atoms with E-state index in [0.717, 1.165) is 31.6 Å². The van der Waals surface area contributed by atoms with E-state index >= 15 is 0 Å². The summed E-state index contributed by atoms with van der Waals surface area (Å²) in [7, 11) is 0. The molecule has 3 aliphatic carbocycles. The second-order valence-electron chi connectivity index (χ2n) is 8.78. The first-order valence-electron chi connectivity index (χ1n) is 10.6. The van der Waals surface area contributed by atoms with Crippen LogP contribution in [0.5, 0.6) is 0 Å². The summed E-state index contributed by atoms with van der Waals surface area (Å²) in [6.45, 7) is 0. The molecule has 3 saturated carbocycles. The van der Waals surface area contributed by atoms with Gasteiger partial charge in [-0.05, 0) is 50.9 Å². The molecule has 0 aromatic heterocycles. The molecule has 136 valence electrons. The van der Waals surface area contributed by atoms with Gasteiger partial charge in [-0.1, -0.05) is 38.5 Å². The second kappa shape index (κ2) is 7.74. The number of rotatable bonds is 3. The van der Waals surface area contributed by atoms with Gasteiger partial charge < -0.3 is 5.32 Å². The third-order valence-corrected chi connectivity index (χ3v) is 7.08. The van der Waals surface area contributed by atoms with E-state index in [-0.39, 0.29) is 0 Å². The van der Waals surface area contributed by atoms with Crippen LogP contribution in [0.3, 0.4) is 0 Å². The highest BCUT2D eigenvalue weighted by Gasteiger charge is 2.41. The van der Waals surface area contributed by atoms with E-state index in [1.165, 1.54) is 57.8 Å². The number of carbonyl (C=O) groups excluding carboxylic acids is 1. The van der Waals surface area contributed by atoms with Gasteiger partial charge in [-0.2, -0.15) is 0 Å². The first-order chi connectivity index (χ1) is 11.8. The maximum atomic E-state index is 12.5. The molecule has 4 fully saturated rings. The van der Waals surface area contributed by atoms with Crippen LogP contribution in [0.25, 0.3) is 0 Å². The molecule has 24 heavy (non-hydrogen) atoms. The van der Waals surface area contributed by atoms with Crippen LogP contribution < -0.4 is 16.0 Å². The normalized spacial score (nSPS) is 38.7. The smallest absolute Gasteiger partial charge is 0.223 e. The molecule has 1 saturated heterocycles. The molecule has 4 nitrogen and oxygen atoms in total. The van der Waals surface area contributed by atoms with E-state index in [9.17, 15) is 4.79 Å². The third-order valence-electron chi connectivity index (χ3n) is 7.08. The van der Waals surface area contributed by atoms with E-state index in [0.29, 0.717) is 36.1 Å². The first-order valence-corrected chi connectivity index (χ1v) is 10.6. The predicted molar refractivity (Wildman–Crippen MR) is 96.6 cm³/mol. The van der Waals surface area contributed by atoms with Gasteiger partial charge in [0.25, 0.3) is 0 Å². The summed E-state index contributed by atoms with van der Waals surface area (Å²) in [5.41, 5.74) is 0. The Hall–Kier alpha value is -0.610. The lowest BCUT2D eigenvalue weighted by molar-refractivity contribution is -0.126. The SMILES string of the molecule is O=C(NC1CCC2NC(C3CCCCC3)NC2C1)C1CCCCC1. The zero-order valence-electron chi connectivity index (χ0n) is 15.1. The quantitative estimate of drug-likeness (QED) is 0.744. The van der Waals surface area contributed by atoms with Crippen molar-refractivity contribution in [3.8, 4) is 0 Å². The molecular weight excluding hydrogens is 298 g/mol. The summed E-state index contributed by atoms with van der Waals surface area (Å²) in [6.07, 6.45) is 17.0. The predicted octanol–water partition coefficient (Wildman–Crippen LogP) is 3.07. The first kappa shape index (κ1) is 16.8. The second-order valence-corrected chi connectivity index (χ2v) is 8.78. The highest BCUT2D eigenvalue weighted by Crippen LogP contribution is 2.32. The van der Waals surface area contributed by atoms with Crippen molar-refractivity contribution in [3.05, 3.63) is 0 Å². The van der Waals surface area contributed by atoms with E-state index in [1.54, 1.807) is 0 Å². The van der Waals surface area contributed by atoms with Crippen molar-refractivity contribution >= 4 is 5.91 Å². The number of amides is 1. The average Bonchev–Trinajstić information content (AvgIpc) is 3.06. The number of fused-ring (bicyclic) bond motifs is 1. The summed E-state index contributed by atoms with van der Waals surface area (Å²) in [4.78, 5) is 12.5. The molecule has 4 aliphatic rings. The zero-order valence-corrected chi connectivity index (χ0v) is 15.1. The fraction of sp³-hybridized carbons (Fsp3) is 0.950. The van der Waals surface area contributed by atoms with Gasteiger partial charge in [0.15, 0.2) is 0 Å². The average molecular weight is 334 g/mol. The minimum absolute atomic E-state index is 0.293. The highest BCUT2D eigenvalue weighted by atomic mass is 16.1. The van der Waals surface area contributed by atoms with Gasteiger partial charge in [0.2, 0.25) is 5.91 Å². The number of carbonyl (C=O) groups is 1. The Morgan fingerprint density at radius 2 is 1.42 bits per heavy atom. The Labute approximate surface area is 146 Å². The summed E-state index contributed by atoms with van der Waals surface area (Å²) >= 11 is 0. The molecule has 4 atom stereocenters. The van der Waals surface area contributed by atoms with Crippen molar-refractivity contribution in [3.63, 3.8) is 0 Å². The molecule has 0 spiro atoms. The van der Waals surface area contributed by atoms with Crippen molar-refractivity contribution < 1.29 is 4.79 Å². The van der Waals surface area contributed by atoms with Gasteiger partial charge in [0.1, 0.15) is 0 Å². The Bertz CT molecular complexity index is 429. The topological polar surface area (TPSA) is 53.2 Å². The van der Waals surface area contributed by atoms with Crippen LogP contribution in [0, 0.1) is 11.8 Å². The third kappa shape index (κ3) is 3.80. The van der Waals surface area contributed by atoms with E-state index in [2.05, 4.69) is 16.0 Å². The largest absolute Gasteiger partial charge is 0.353 e. The van der Waals surface area contributed by atoms with Crippen LogP contribution >= 0.6 is 0 Å². The molecule has 4 heteroatoms. The molecule has 1 heterocycles. The van der Waals surface area contributed by atoms with E-state index < -0.39 is 0 Å². The molecule has 3 N–H and O–H groups in total. The van der Waals surface area contributed by atoms with Gasteiger partial charge in [-0.3, -0.25) is 15.4 Å². The summed E-state index contributed by atoms with van der Waals surface area (Å²) in [5, 5.41) is 11.1. The van der Waals surface area contributed by atoms with Gasteiger partial charge in [0.05, 0.1) is 6.17 Å². The molecular formula is C20H35N3O. The number of nitrogens with one attached hydrogen (secondary N) is 3. The summed E-state index contributed by atoms with van der Waals surface area (Å²) < 4.78 is 0. The summed E-state index contributed by atoms with van der Waals surface area (Å²) in [5.74, 6) is 1.45. The van der Waals surface area contributed by atoms with E-state index in [1.807, 2.05) is 0 Å². The Kier molecular flexibility index (Phi) is 5.43. The lowest BCUT2D eigenvalue weighted by Crippen LogP contribution is -2.49. The van der Waals surface area contributed by atoms with Gasteiger partial charge in [-0.25, -0.2) is 0 Å². The Morgan fingerprint density at radius 3 is 2.17 bits per heavy atom. The monoisotopic (exact) mass is 333 g/mol. The van der Waals surface area contributed by atoms with Crippen LogP contribution in [-0.2, 0) is 4.79 Å². The summed E-state index contributed by atoms with van der Waals surface area (Å²) in [6, 6.07) is 1.57. The molecule has 4 unspecified atom stereocenters. The van der Waals surface area contributed by atoms with Gasteiger partial charge in [-0.15, -0.1) is 0 Å². The maximum absolute atomic E-state index is 12.5. The van der Waals surface area contributed by atoms with Crippen LogP contribution in [0.2, 0.25) is 0 Å². The van der Waals surface area contributed by atoms with Crippen LogP contribution in [0.15, 0.2) is 0 Å². The van der Waals surface area contributed by atoms with Crippen LogP contribution in [-0.4, -0.2) is 30.2 Å². The van der Waals surface area contributed by atoms with Crippen molar-refractivity contribution in [1.82, 2.24) is 16.0 Å². The lowest BCUT2D eigenvalue weighted by atomic mass is 9.85. The minimum atomic E-state index is 0.293. The minimum Gasteiger partial charge on any atom is -0.353 e. The molecule has 4 rings (SSSR count). The van der Waals surface area contributed by atoms with Gasteiger partial charge >= 0.3 is 0 Å². The van der Waals surface area contributed by atoms with Crippen LogP contribution in [0.1, 0.15) is 83.5 Å². The highest BCUT2D eigenvalue weighted by molar-refractivity contribution is 5.79. The fourth-order valence-corrected chi connectivity index (χ4v) is 5.62. The van der Waals surface area contributed by atoms with Crippen LogP contribution in [0.4, 0.5) is 0 Å². The molecule has 1 amide bonds. The Morgan fingerprint density at radius 1 is 0.750 bits per heavy atom. The number of hydrogen-bond donors (Lipinski definition) is 3. The molecule has 0 aromatic rings. The fourth-order valence-electron chi connectivity index (χ4n) is 5.62. The molecule has 0 aromatic carbocycles. The molecule has 0 bridgehead atoms. The van der Waals surface area contributed by atoms with E-state index in [4.69, 9.17) is 0 Å². The molecule has 0 radical (unpaired) electrons. The van der Waals surface area contributed by atoms with Crippen molar-refractivity contribution in [2.24, 2.45) is 11.8 Å². The lowest BCUT2D eigenvalue weighted by Gasteiger charge is -2.33. The Balaban J connectivity index is 1.27. The van der Waals surface area contributed by atoms with Crippen molar-refractivity contribution in [1.29, 1.82) is 0 Å². The van der Waals surface area contributed by atoms with Crippen molar-refractivity contribution in [2.45, 2.75) is 108 Å². The van der Waals surface area contributed by atoms with Crippen molar-refractivity contribution in [2.75, 3.05) is 0 Å². The van der Waals surface area contributed by atoms with Gasteiger partial charge in [0, 0.05) is 24.0 Å². The maximum Gasteiger partial charge on any atom is 0.223 e. The molecule has 1 aliphatic heterocycles. The standard InChI is InChI=1S/C20H35N3O/c24-20(15-9-5-2-6-10-15)21-16-11-12-17-18(13-16)23-19(22-17)14-7-3-1-4-8-14/h14-19,22-23H,1-13H2,(H,21,24). The zero-order chi connectivity index (χ0) is 16.4.